The molecule has 1 aromatic rings. The number of likely N-dealkylation sites (tertiary alicyclic amines) is 1. The van der Waals surface area contributed by atoms with Crippen LogP contribution in [0, 0.1) is 6.92 Å². The van der Waals surface area contributed by atoms with Gasteiger partial charge in [0, 0.05) is 18.6 Å². The van der Waals surface area contributed by atoms with Crippen molar-refractivity contribution < 1.29 is 0 Å². The third-order valence-corrected chi connectivity index (χ3v) is 4.73. The molecular formula is C17H26N2. The summed E-state index contributed by atoms with van der Waals surface area (Å²) in [5.41, 5.74) is 2.83. The molecule has 0 spiro atoms. The van der Waals surface area contributed by atoms with Crippen LogP contribution in [0.15, 0.2) is 24.3 Å². The van der Waals surface area contributed by atoms with E-state index < -0.39 is 0 Å². The van der Waals surface area contributed by atoms with Gasteiger partial charge < -0.3 is 5.32 Å². The second kappa shape index (κ2) is 6.06. The number of fused-ring (bicyclic) bond motifs is 1. The number of aryl methyl sites for hydroxylation is 1. The monoisotopic (exact) mass is 258 g/mol. The average molecular weight is 258 g/mol. The van der Waals surface area contributed by atoms with E-state index >= 15 is 0 Å². The zero-order valence-electron chi connectivity index (χ0n) is 12.1. The van der Waals surface area contributed by atoms with E-state index in [0.717, 1.165) is 18.6 Å². The second-order valence-electron chi connectivity index (χ2n) is 6.22. The van der Waals surface area contributed by atoms with Crippen molar-refractivity contribution >= 4 is 0 Å². The third kappa shape index (κ3) is 3.18. The number of rotatable bonds is 2. The van der Waals surface area contributed by atoms with Crippen molar-refractivity contribution in [3.8, 4) is 0 Å². The summed E-state index contributed by atoms with van der Waals surface area (Å²) in [5.74, 6) is 0. The molecule has 1 aromatic carbocycles. The molecule has 2 atom stereocenters. The van der Waals surface area contributed by atoms with E-state index in [1.807, 2.05) is 0 Å². The summed E-state index contributed by atoms with van der Waals surface area (Å²) in [6.07, 6.45) is 6.84. The Balaban J connectivity index is 1.71. The minimum atomic E-state index is 0.738. The van der Waals surface area contributed by atoms with Crippen LogP contribution in [0.4, 0.5) is 0 Å². The molecule has 2 aliphatic rings. The van der Waals surface area contributed by atoms with Crippen LogP contribution in [0.25, 0.3) is 0 Å². The predicted molar refractivity (Wildman–Crippen MR) is 80.3 cm³/mol. The Morgan fingerprint density at radius 2 is 1.95 bits per heavy atom. The number of piperidine rings is 1. The smallest absolute Gasteiger partial charge is 0.0253 e. The van der Waals surface area contributed by atoms with E-state index in [4.69, 9.17) is 0 Å². The largest absolute Gasteiger partial charge is 0.312 e. The van der Waals surface area contributed by atoms with Crippen LogP contribution in [0.1, 0.15) is 43.2 Å². The van der Waals surface area contributed by atoms with Crippen molar-refractivity contribution in [1.29, 1.82) is 0 Å². The summed E-state index contributed by atoms with van der Waals surface area (Å²) in [6, 6.07) is 10.6. The quantitative estimate of drug-likeness (QED) is 0.877. The van der Waals surface area contributed by atoms with Crippen LogP contribution in [0.2, 0.25) is 0 Å². The molecule has 0 saturated carbocycles. The lowest BCUT2D eigenvalue weighted by atomic mass is 9.94. The molecule has 3 rings (SSSR count). The van der Waals surface area contributed by atoms with Crippen molar-refractivity contribution in [1.82, 2.24) is 10.2 Å². The van der Waals surface area contributed by atoms with Gasteiger partial charge in [0.05, 0.1) is 0 Å². The number of nitrogens with zero attached hydrogens (tertiary/aromatic N) is 1. The van der Waals surface area contributed by atoms with Gasteiger partial charge in [0.15, 0.2) is 0 Å². The van der Waals surface area contributed by atoms with E-state index in [0.29, 0.717) is 0 Å². The van der Waals surface area contributed by atoms with E-state index in [-0.39, 0.29) is 0 Å². The van der Waals surface area contributed by atoms with Crippen LogP contribution in [0.5, 0.6) is 0 Å². The Kier molecular flexibility index (Phi) is 4.19. The highest BCUT2D eigenvalue weighted by molar-refractivity contribution is 5.21. The minimum Gasteiger partial charge on any atom is -0.312 e. The lowest BCUT2D eigenvalue weighted by molar-refractivity contribution is 0.132. The summed E-state index contributed by atoms with van der Waals surface area (Å²) in [4.78, 5) is 2.73. The highest BCUT2D eigenvalue weighted by Gasteiger charge is 2.31. The second-order valence-corrected chi connectivity index (χ2v) is 6.22. The molecule has 0 aromatic heterocycles. The predicted octanol–water partition coefficient (Wildman–Crippen LogP) is 3.10. The number of nitrogens with one attached hydrogen (secondary N) is 1. The lowest BCUT2D eigenvalue weighted by Crippen LogP contribution is -2.52. The maximum Gasteiger partial charge on any atom is 0.0253 e. The van der Waals surface area contributed by atoms with Gasteiger partial charge in [-0.25, -0.2) is 0 Å². The van der Waals surface area contributed by atoms with Crippen LogP contribution < -0.4 is 5.32 Å². The van der Waals surface area contributed by atoms with Gasteiger partial charge in [0.25, 0.3) is 0 Å². The van der Waals surface area contributed by atoms with Crippen LogP contribution in [-0.4, -0.2) is 30.1 Å². The van der Waals surface area contributed by atoms with Crippen LogP contribution in [-0.2, 0) is 6.54 Å². The van der Waals surface area contributed by atoms with Crippen molar-refractivity contribution in [3.63, 3.8) is 0 Å². The maximum atomic E-state index is 3.74. The average Bonchev–Trinajstić information content (AvgIpc) is 2.64. The lowest BCUT2D eigenvalue weighted by Gasteiger charge is -2.39. The van der Waals surface area contributed by atoms with Gasteiger partial charge in [-0.3, -0.25) is 4.90 Å². The summed E-state index contributed by atoms with van der Waals surface area (Å²) >= 11 is 0. The molecular weight excluding hydrogens is 232 g/mol. The maximum absolute atomic E-state index is 3.74. The van der Waals surface area contributed by atoms with E-state index in [9.17, 15) is 0 Å². The number of hydrogen-bond acceptors (Lipinski definition) is 2. The number of hydrogen-bond donors (Lipinski definition) is 1. The number of benzene rings is 1. The van der Waals surface area contributed by atoms with Gasteiger partial charge in [-0.15, -0.1) is 0 Å². The summed E-state index contributed by atoms with van der Waals surface area (Å²) in [6.45, 7) is 5.79. The first-order valence-electron chi connectivity index (χ1n) is 7.86. The van der Waals surface area contributed by atoms with Crippen molar-refractivity contribution in [2.45, 2.75) is 57.7 Å². The van der Waals surface area contributed by atoms with Gasteiger partial charge in [0.2, 0.25) is 0 Å². The molecule has 0 radical (unpaired) electrons. The van der Waals surface area contributed by atoms with Gasteiger partial charge in [-0.05, 0) is 51.3 Å². The van der Waals surface area contributed by atoms with Crippen molar-refractivity contribution in [3.05, 3.63) is 35.4 Å². The zero-order valence-corrected chi connectivity index (χ0v) is 12.1. The molecule has 2 saturated heterocycles. The van der Waals surface area contributed by atoms with E-state index in [1.165, 1.54) is 56.3 Å². The Labute approximate surface area is 117 Å². The van der Waals surface area contributed by atoms with Crippen molar-refractivity contribution in [2.75, 3.05) is 13.1 Å². The highest BCUT2D eigenvalue weighted by atomic mass is 15.2. The summed E-state index contributed by atoms with van der Waals surface area (Å²) in [5, 5.41) is 3.74. The molecule has 104 valence electrons. The first kappa shape index (κ1) is 13.1. The first-order chi connectivity index (χ1) is 9.33. The normalized spacial score (nSPS) is 28.7. The molecule has 0 aliphatic carbocycles. The van der Waals surface area contributed by atoms with Crippen LogP contribution >= 0.6 is 0 Å². The van der Waals surface area contributed by atoms with Gasteiger partial charge in [-0.1, -0.05) is 36.2 Å². The first-order valence-corrected chi connectivity index (χ1v) is 7.86. The molecule has 0 unspecified atom stereocenters. The molecule has 0 bridgehead atoms. The van der Waals surface area contributed by atoms with Crippen LogP contribution in [0.3, 0.4) is 0 Å². The molecule has 2 nitrogen and oxygen atoms in total. The molecule has 2 aliphatic heterocycles. The van der Waals surface area contributed by atoms with Gasteiger partial charge in [0.1, 0.15) is 0 Å². The van der Waals surface area contributed by atoms with E-state index in [1.54, 1.807) is 0 Å². The zero-order chi connectivity index (χ0) is 13.1. The summed E-state index contributed by atoms with van der Waals surface area (Å²) in [7, 11) is 0. The van der Waals surface area contributed by atoms with E-state index in [2.05, 4.69) is 41.4 Å². The Bertz CT molecular complexity index is 398. The molecule has 1 N–H and O–H groups in total. The van der Waals surface area contributed by atoms with Gasteiger partial charge in [-0.2, -0.15) is 0 Å². The molecule has 2 heteroatoms. The fourth-order valence-corrected chi connectivity index (χ4v) is 3.64. The minimum absolute atomic E-state index is 0.738. The fourth-order valence-electron chi connectivity index (χ4n) is 3.64. The Morgan fingerprint density at radius 3 is 2.79 bits per heavy atom. The highest BCUT2D eigenvalue weighted by Crippen LogP contribution is 2.25. The Hall–Kier alpha value is -0.860. The topological polar surface area (TPSA) is 15.3 Å². The Morgan fingerprint density at radius 1 is 1.11 bits per heavy atom. The standard InChI is InChI=1S/C17H26N2/c1-14-7-9-15(10-8-14)13-19-12-3-2-5-16-17(19)6-4-11-18-16/h7-10,16-18H,2-6,11-13H2,1H3/t16-,17-/m0/s1. The van der Waals surface area contributed by atoms with Crippen molar-refractivity contribution in [2.24, 2.45) is 0 Å². The van der Waals surface area contributed by atoms with Gasteiger partial charge >= 0.3 is 0 Å². The molecule has 0 amide bonds. The third-order valence-electron chi connectivity index (χ3n) is 4.73. The molecule has 2 fully saturated rings. The SMILES string of the molecule is Cc1ccc(CN2CCCC[C@@H]3NCCC[C@@H]32)cc1. The fraction of sp³-hybridized carbons (Fsp3) is 0.647. The summed E-state index contributed by atoms with van der Waals surface area (Å²) < 4.78 is 0. The molecule has 2 heterocycles. The molecule has 19 heavy (non-hydrogen) atoms.